The Bertz CT molecular complexity index is 400. The summed E-state index contributed by atoms with van der Waals surface area (Å²) in [5.41, 5.74) is 0.967. The maximum absolute atomic E-state index is 11.1. The predicted molar refractivity (Wildman–Crippen MR) is 49.1 cm³/mol. The minimum atomic E-state index is -3.04. The molecular weight excluding hydrogens is 207 g/mol. The number of aryl methyl sites for hydroxylation is 1. The molecule has 12 heavy (non-hydrogen) atoms. The summed E-state index contributed by atoms with van der Waals surface area (Å²) >= 11 is 5.86. The Kier molecular flexibility index (Phi) is 3.23. The van der Waals surface area contributed by atoms with Gasteiger partial charge in [-0.05, 0) is 0 Å². The summed E-state index contributed by atoms with van der Waals surface area (Å²) in [5, 5.41) is 0.324. The van der Waals surface area contributed by atoms with Crippen LogP contribution in [0.1, 0.15) is 5.56 Å². The molecule has 0 bridgehead atoms. The number of hydrogen-bond donors (Lipinski definition) is 0. The maximum atomic E-state index is 11.1. The van der Waals surface area contributed by atoms with E-state index in [0.717, 1.165) is 5.56 Å². The van der Waals surface area contributed by atoms with E-state index in [-0.39, 0.29) is 31.2 Å². The minimum absolute atomic E-state index is 0.0999. The van der Waals surface area contributed by atoms with Gasteiger partial charge in [-0.2, -0.15) is 0 Å². The summed E-state index contributed by atoms with van der Waals surface area (Å²) in [6.07, 6.45) is 0. The molecule has 0 atom stereocenters. The van der Waals surface area contributed by atoms with Gasteiger partial charge in [0.2, 0.25) is 0 Å². The number of hydrogen-bond acceptors (Lipinski definition) is 2. The zero-order valence-electron chi connectivity index (χ0n) is 6.83. The quantitative estimate of drug-likeness (QED) is 0.662. The van der Waals surface area contributed by atoms with Crippen LogP contribution in [-0.2, 0) is 5.96 Å². The van der Waals surface area contributed by atoms with Crippen molar-refractivity contribution in [3.63, 3.8) is 0 Å². The van der Waals surface area contributed by atoms with Crippen molar-refractivity contribution in [1.82, 2.24) is 0 Å². The van der Waals surface area contributed by atoms with Crippen LogP contribution < -0.4 is 0 Å². The Balaban J connectivity index is 3.39. The molecule has 60 valence electrons. The second kappa shape index (κ2) is 3.68. The van der Waals surface area contributed by atoms with Crippen LogP contribution in [0, 0.1) is 6.92 Å². The van der Waals surface area contributed by atoms with Gasteiger partial charge in [0, 0.05) is 0 Å². The van der Waals surface area contributed by atoms with Gasteiger partial charge in [0.1, 0.15) is 0 Å². The van der Waals surface area contributed by atoms with Gasteiger partial charge < -0.3 is 0 Å². The number of halogens is 1. The van der Waals surface area contributed by atoms with Gasteiger partial charge in [-0.1, -0.05) is 0 Å². The average Bonchev–Trinajstić information content (AvgIpc) is 1.83. The molecule has 0 radical (unpaired) electrons. The molecule has 0 unspecified atom stereocenters. The summed E-state index contributed by atoms with van der Waals surface area (Å²) in [7, 11) is 0. The Hall–Kier alpha value is 0.460. The molecule has 1 aromatic carbocycles. The monoisotopic (exact) mass is 212 g/mol. The molecule has 1 aromatic rings. The third-order valence-electron chi connectivity index (χ3n) is 1.49. The predicted octanol–water partition coefficient (Wildman–Crippen LogP) is 1.51. The third-order valence-corrected chi connectivity index (χ3v) is 4.39. The first-order valence-electron chi connectivity index (χ1n) is 3.37. The first-order chi connectivity index (χ1) is 5.41. The van der Waals surface area contributed by atoms with E-state index >= 15 is 0 Å². The van der Waals surface area contributed by atoms with Crippen molar-refractivity contribution in [2.75, 3.05) is 0 Å². The van der Waals surface area contributed by atoms with Crippen LogP contribution in [0.2, 0.25) is 5.02 Å². The summed E-state index contributed by atoms with van der Waals surface area (Å²) < 4.78 is 22.3. The molecule has 0 aliphatic rings. The van der Waals surface area contributed by atoms with E-state index in [1.165, 1.54) is 0 Å². The van der Waals surface area contributed by atoms with E-state index in [0.29, 0.717) is 5.02 Å². The molecule has 2 nitrogen and oxygen atoms in total. The van der Waals surface area contributed by atoms with Crippen molar-refractivity contribution < 1.29 is 8.42 Å². The molecule has 1 rings (SSSR count). The fourth-order valence-electron chi connectivity index (χ4n) is 0.907. The molecule has 0 aliphatic carbocycles. The van der Waals surface area contributed by atoms with E-state index < -0.39 is 5.96 Å². The second-order valence-electron chi connectivity index (χ2n) is 2.71. The van der Waals surface area contributed by atoms with Gasteiger partial charge in [0.05, 0.1) is 0 Å². The van der Waals surface area contributed by atoms with Crippen LogP contribution in [-0.4, -0.2) is 34.8 Å². The Labute approximate surface area is 92.2 Å². The Morgan fingerprint density at radius 1 is 1.42 bits per heavy atom. The molecule has 0 spiro atoms. The van der Waals surface area contributed by atoms with Gasteiger partial charge in [-0.15, -0.1) is 0 Å². The van der Waals surface area contributed by atoms with Crippen molar-refractivity contribution in [3.05, 3.63) is 28.8 Å². The molecule has 5 heteroatoms. The van der Waals surface area contributed by atoms with Gasteiger partial charge in [0.15, 0.2) is 0 Å². The van der Waals surface area contributed by atoms with Gasteiger partial charge in [-0.3, -0.25) is 0 Å². The van der Waals surface area contributed by atoms with Crippen LogP contribution in [0.4, 0.5) is 0 Å². The molecule has 0 N–H and O–H groups in total. The fraction of sp³-hybridized carbons (Fsp3) is 0.143. The third kappa shape index (κ3) is 2.47. The van der Waals surface area contributed by atoms with Crippen LogP contribution in [0.3, 0.4) is 0 Å². The summed E-state index contributed by atoms with van der Waals surface area (Å²) in [4.78, 5) is 0.251. The summed E-state index contributed by atoms with van der Waals surface area (Å²) in [6.45, 7) is 1.87. The SMILES string of the molecule is Cc1ccc([S](=O)(=O)[Na])c(Cl)c1. The molecule has 0 saturated carbocycles. The first-order valence-corrected chi connectivity index (χ1v) is 8.09. The number of rotatable bonds is 1. The van der Waals surface area contributed by atoms with E-state index in [2.05, 4.69) is 0 Å². The average molecular weight is 213 g/mol. The molecule has 0 heterocycles. The zero-order valence-corrected chi connectivity index (χ0v) is 10.4. The second-order valence-corrected chi connectivity index (χ2v) is 8.32. The normalized spacial score (nSPS) is 11.7. The van der Waals surface area contributed by atoms with E-state index in [1.54, 1.807) is 18.2 Å². The van der Waals surface area contributed by atoms with Crippen LogP contribution >= 0.6 is 11.6 Å². The van der Waals surface area contributed by atoms with Crippen molar-refractivity contribution in [2.24, 2.45) is 0 Å². The molecular formula is C7H6ClNaO2S. The van der Waals surface area contributed by atoms with Crippen molar-refractivity contribution in [2.45, 2.75) is 11.8 Å². The summed E-state index contributed by atoms with van der Waals surface area (Å²) in [6, 6.07) is 4.96. The van der Waals surface area contributed by atoms with Crippen LogP contribution in [0.25, 0.3) is 0 Å². The Morgan fingerprint density at radius 3 is 2.42 bits per heavy atom. The first kappa shape index (κ1) is 10.5. The zero-order chi connectivity index (χ0) is 9.35. The standard InChI is InChI=1S/C7H6ClO2S.Na/c1-5-2-3-7(11(9)10)6(8)4-5;/h2-4H,1H3;. The van der Waals surface area contributed by atoms with Crippen LogP contribution in [0.15, 0.2) is 23.1 Å². The summed E-state index contributed by atoms with van der Waals surface area (Å²) in [5.74, 6) is -3.04. The molecule has 0 saturated heterocycles. The van der Waals surface area contributed by atoms with Crippen molar-refractivity contribution in [1.29, 1.82) is 0 Å². The van der Waals surface area contributed by atoms with Crippen molar-refractivity contribution >= 4 is 43.9 Å². The van der Waals surface area contributed by atoms with E-state index in [4.69, 9.17) is 11.6 Å². The van der Waals surface area contributed by atoms with Crippen LogP contribution in [0.5, 0.6) is 0 Å². The molecule has 0 aliphatic heterocycles. The topological polar surface area (TPSA) is 34.1 Å². The fourth-order valence-corrected chi connectivity index (χ4v) is 3.75. The van der Waals surface area contributed by atoms with Gasteiger partial charge in [-0.25, -0.2) is 0 Å². The van der Waals surface area contributed by atoms with Gasteiger partial charge in [0.25, 0.3) is 0 Å². The number of benzene rings is 1. The van der Waals surface area contributed by atoms with Crippen molar-refractivity contribution in [3.8, 4) is 0 Å². The molecule has 0 fully saturated rings. The molecule has 0 amide bonds. The van der Waals surface area contributed by atoms with Gasteiger partial charge >= 0.3 is 92.9 Å². The van der Waals surface area contributed by atoms with E-state index in [1.807, 2.05) is 6.92 Å². The van der Waals surface area contributed by atoms with E-state index in [9.17, 15) is 8.42 Å². The molecule has 0 aromatic heterocycles. The Morgan fingerprint density at radius 2 is 2.00 bits per heavy atom.